The first kappa shape index (κ1) is 15.7. The summed E-state index contributed by atoms with van der Waals surface area (Å²) in [5, 5.41) is 0. The first-order valence-electron chi connectivity index (χ1n) is 7.75. The molecule has 2 aromatic rings. The lowest BCUT2D eigenvalue weighted by atomic mass is 10.3. The topological polar surface area (TPSA) is 47.4 Å². The highest BCUT2D eigenvalue weighted by atomic mass is 19.1. The Bertz CT molecular complexity index is 644. The molecule has 5 nitrogen and oxygen atoms in total. The number of hydrogen-bond acceptors (Lipinski definition) is 3. The van der Waals surface area contributed by atoms with E-state index in [1.54, 1.807) is 11.1 Å². The third kappa shape index (κ3) is 3.96. The van der Waals surface area contributed by atoms with Crippen LogP contribution in [-0.2, 0) is 29.2 Å². The zero-order chi connectivity index (χ0) is 16.1. The number of carbonyl (C=O) groups is 1. The minimum absolute atomic E-state index is 0.0757. The van der Waals surface area contributed by atoms with Crippen LogP contribution in [0.1, 0.15) is 17.8 Å². The van der Waals surface area contributed by atoms with Gasteiger partial charge in [0.1, 0.15) is 0 Å². The molecule has 0 aromatic carbocycles. The molecule has 1 aliphatic rings. The number of pyridine rings is 1. The van der Waals surface area contributed by atoms with Crippen molar-refractivity contribution in [1.82, 2.24) is 14.5 Å². The maximum absolute atomic E-state index is 12.5. The lowest BCUT2D eigenvalue weighted by molar-refractivity contribution is -0.134. The van der Waals surface area contributed by atoms with Crippen molar-refractivity contribution in [3.63, 3.8) is 0 Å². The lowest BCUT2D eigenvalue weighted by Gasteiger charge is -2.24. The van der Waals surface area contributed by atoms with Gasteiger partial charge < -0.3 is 14.2 Å². The Morgan fingerprint density at radius 1 is 1.30 bits per heavy atom. The average molecular weight is 317 g/mol. The average Bonchev–Trinajstić information content (AvgIpc) is 2.92. The predicted molar refractivity (Wildman–Crippen MR) is 83.3 cm³/mol. The van der Waals surface area contributed by atoms with Gasteiger partial charge in [0.15, 0.2) is 0 Å². The summed E-state index contributed by atoms with van der Waals surface area (Å²) in [7, 11) is 0. The van der Waals surface area contributed by atoms with Crippen molar-refractivity contribution in [3.8, 4) is 0 Å². The van der Waals surface area contributed by atoms with E-state index in [4.69, 9.17) is 4.74 Å². The van der Waals surface area contributed by atoms with Gasteiger partial charge in [0.2, 0.25) is 5.91 Å². The largest absolute Gasteiger partial charge is 0.368 e. The van der Waals surface area contributed by atoms with Crippen molar-refractivity contribution in [2.24, 2.45) is 0 Å². The number of aromatic nitrogens is 2. The van der Waals surface area contributed by atoms with Gasteiger partial charge in [0.25, 0.3) is 0 Å². The maximum atomic E-state index is 12.5. The van der Waals surface area contributed by atoms with Gasteiger partial charge in [-0.2, -0.15) is 0 Å². The molecule has 0 bridgehead atoms. The molecule has 0 spiro atoms. The van der Waals surface area contributed by atoms with Crippen LogP contribution >= 0.6 is 0 Å². The summed E-state index contributed by atoms with van der Waals surface area (Å²) in [6.07, 6.45) is 3.49. The number of hydrogen-bond donors (Lipinski definition) is 0. The summed E-state index contributed by atoms with van der Waals surface area (Å²) in [5.74, 6) is -0.173. The van der Waals surface area contributed by atoms with Crippen LogP contribution in [0.2, 0.25) is 0 Å². The van der Waals surface area contributed by atoms with Crippen LogP contribution in [0.25, 0.3) is 0 Å². The fourth-order valence-electron chi connectivity index (χ4n) is 2.78. The predicted octanol–water partition coefficient (Wildman–Crippen LogP) is 2.17. The van der Waals surface area contributed by atoms with Gasteiger partial charge in [0, 0.05) is 24.6 Å². The monoisotopic (exact) mass is 317 g/mol. The van der Waals surface area contributed by atoms with Gasteiger partial charge in [0.05, 0.1) is 44.6 Å². The zero-order valence-corrected chi connectivity index (χ0v) is 12.9. The Balaban J connectivity index is 1.70. The molecule has 0 aliphatic carbocycles. The minimum Gasteiger partial charge on any atom is -0.368 e. The number of alkyl halides is 1. The summed E-state index contributed by atoms with van der Waals surface area (Å²) in [6.45, 7) is 1.40. The molecular weight excluding hydrogens is 297 g/mol. The molecule has 0 unspecified atom stereocenters. The first-order valence-corrected chi connectivity index (χ1v) is 7.75. The van der Waals surface area contributed by atoms with Gasteiger partial charge in [-0.25, -0.2) is 0 Å². The Morgan fingerprint density at radius 3 is 3.00 bits per heavy atom. The van der Waals surface area contributed by atoms with E-state index in [0.29, 0.717) is 26.2 Å². The molecule has 0 saturated carbocycles. The summed E-state index contributed by atoms with van der Waals surface area (Å²) in [4.78, 5) is 18.0. The summed E-state index contributed by atoms with van der Waals surface area (Å²) in [5.41, 5.74) is 1.90. The molecule has 0 N–H and O–H groups in total. The van der Waals surface area contributed by atoms with Gasteiger partial charge in [-0.1, -0.05) is 6.07 Å². The van der Waals surface area contributed by atoms with Crippen molar-refractivity contribution >= 4 is 5.91 Å². The second-order valence-electron chi connectivity index (χ2n) is 5.62. The molecule has 0 saturated heterocycles. The van der Waals surface area contributed by atoms with Crippen molar-refractivity contribution < 1.29 is 13.9 Å². The number of halogens is 1. The van der Waals surface area contributed by atoms with E-state index in [2.05, 4.69) is 9.55 Å². The number of fused-ring (bicyclic) bond motifs is 1. The highest BCUT2D eigenvalue weighted by molar-refractivity contribution is 5.76. The van der Waals surface area contributed by atoms with Crippen LogP contribution in [0.5, 0.6) is 0 Å². The van der Waals surface area contributed by atoms with Crippen LogP contribution in [-0.4, -0.2) is 39.7 Å². The molecular formula is C17H20FN3O2. The first-order chi connectivity index (χ1) is 11.3. The zero-order valence-electron chi connectivity index (χ0n) is 12.9. The second kappa shape index (κ2) is 7.37. The van der Waals surface area contributed by atoms with E-state index in [-0.39, 0.29) is 18.4 Å². The van der Waals surface area contributed by atoms with E-state index in [1.165, 1.54) is 0 Å². The smallest absolute Gasteiger partial charge is 0.225 e. The summed E-state index contributed by atoms with van der Waals surface area (Å²) < 4.78 is 20.6. The molecule has 3 rings (SSSR count). The molecule has 0 fully saturated rings. The van der Waals surface area contributed by atoms with Crippen molar-refractivity contribution in [2.45, 2.75) is 32.2 Å². The number of ether oxygens (including phenoxy) is 1. The SMILES string of the molecule is O=C(CCF)N1Cc2cccn2C[C@@H](OCc2ccccn2)C1. The van der Waals surface area contributed by atoms with Crippen LogP contribution in [0.3, 0.4) is 0 Å². The van der Waals surface area contributed by atoms with E-state index < -0.39 is 6.67 Å². The number of carbonyl (C=O) groups excluding carboxylic acids is 1. The minimum atomic E-state index is -0.629. The molecule has 23 heavy (non-hydrogen) atoms. The van der Waals surface area contributed by atoms with Crippen molar-refractivity contribution in [3.05, 3.63) is 54.1 Å². The van der Waals surface area contributed by atoms with Crippen LogP contribution in [0.15, 0.2) is 42.7 Å². The van der Waals surface area contributed by atoms with Crippen molar-refractivity contribution in [2.75, 3.05) is 13.2 Å². The van der Waals surface area contributed by atoms with E-state index in [9.17, 15) is 9.18 Å². The quantitative estimate of drug-likeness (QED) is 0.849. The molecule has 3 heterocycles. The lowest BCUT2D eigenvalue weighted by Crippen LogP contribution is -2.37. The third-order valence-corrected chi connectivity index (χ3v) is 3.95. The number of rotatable bonds is 5. The molecule has 122 valence electrons. The normalized spacial score (nSPS) is 17.6. The van der Waals surface area contributed by atoms with E-state index in [1.807, 2.05) is 36.5 Å². The molecule has 2 aromatic heterocycles. The number of nitrogens with zero attached hydrogens (tertiary/aromatic N) is 3. The highest BCUT2D eigenvalue weighted by Gasteiger charge is 2.25. The molecule has 6 heteroatoms. The molecule has 1 amide bonds. The third-order valence-electron chi connectivity index (χ3n) is 3.95. The van der Waals surface area contributed by atoms with Crippen molar-refractivity contribution in [1.29, 1.82) is 0 Å². The molecule has 1 aliphatic heterocycles. The highest BCUT2D eigenvalue weighted by Crippen LogP contribution is 2.17. The van der Waals surface area contributed by atoms with E-state index in [0.717, 1.165) is 11.4 Å². The van der Waals surface area contributed by atoms with Crippen LogP contribution in [0.4, 0.5) is 4.39 Å². The number of amides is 1. The molecule has 1 atom stereocenters. The van der Waals surface area contributed by atoms with Gasteiger partial charge in [-0.05, 0) is 24.3 Å². The van der Waals surface area contributed by atoms with Gasteiger partial charge >= 0.3 is 0 Å². The van der Waals surface area contributed by atoms with Crippen LogP contribution in [0, 0.1) is 0 Å². The Labute approximate surface area is 134 Å². The van der Waals surface area contributed by atoms with Gasteiger partial charge in [-0.3, -0.25) is 14.2 Å². The summed E-state index contributed by atoms with van der Waals surface area (Å²) in [6, 6.07) is 9.62. The Hall–Kier alpha value is -2.21. The fourth-order valence-corrected chi connectivity index (χ4v) is 2.78. The Morgan fingerprint density at radius 2 is 2.22 bits per heavy atom. The Kier molecular flexibility index (Phi) is 5.02. The summed E-state index contributed by atoms with van der Waals surface area (Å²) >= 11 is 0. The maximum Gasteiger partial charge on any atom is 0.225 e. The fraction of sp³-hybridized carbons (Fsp3) is 0.412. The standard InChI is InChI=1S/C17H20FN3O2/c18-7-6-17(22)21-10-15-5-3-9-20(15)11-16(12-21)23-13-14-4-1-2-8-19-14/h1-5,8-9,16H,6-7,10-13H2/t16-/m1/s1. The van der Waals surface area contributed by atoms with Crippen LogP contribution < -0.4 is 0 Å². The second-order valence-corrected chi connectivity index (χ2v) is 5.62. The molecule has 0 radical (unpaired) electrons. The van der Waals surface area contributed by atoms with E-state index >= 15 is 0 Å². The van der Waals surface area contributed by atoms with Gasteiger partial charge in [-0.15, -0.1) is 0 Å².